The van der Waals surface area contributed by atoms with Gasteiger partial charge >= 0.3 is 0 Å². The zero-order chi connectivity index (χ0) is 16.6. The second-order valence-electron chi connectivity index (χ2n) is 5.63. The van der Waals surface area contributed by atoms with Crippen LogP contribution in [0.4, 0.5) is 0 Å². The van der Waals surface area contributed by atoms with Gasteiger partial charge in [0.05, 0.1) is 0 Å². The van der Waals surface area contributed by atoms with Gasteiger partial charge < -0.3 is 20.1 Å². The molecule has 126 valence electrons. The Morgan fingerprint density at radius 1 is 0.958 bits per heavy atom. The largest absolute Gasteiger partial charge is 0.486 e. The summed E-state index contributed by atoms with van der Waals surface area (Å²) in [7, 11) is 0. The Hall–Kier alpha value is -2.53. The highest BCUT2D eigenvalue weighted by atomic mass is 16.6. The maximum atomic E-state index is 11.9. The van der Waals surface area contributed by atoms with E-state index >= 15 is 0 Å². The fourth-order valence-corrected chi connectivity index (χ4v) is 2.58. The number of carbonyl (C=O) groups excluding carboxylic acids is 1. The normalized spacial score (nSPS) is 12.7. The van der Waals surface area contributed by atoms with E-state index in [4.69, 9.17) is 9.47 Å². The highest BCUT2D eigenvalue weighted by Crippen LogP contribution is 2.33. The molecular weight excluding hydrogens is 304 g/mol. The lowest BCUT2D eigenvalue weighted by molar-refractivity contribution is -0.121. The summed E-state index contributed by atoms with van der Waals surface area (Å²) in [5.74, 6) is 1.65. The van der Waals surface area contributed by atoms with Crippen LogP contribution in [0.3, 0.4) is 0 Å². The summed E-state index contributed by atoms with van der Waals surface area (Å²) in [6.45, 7) is 3.00. The van der Waals surface area contributed by atoms with Crippen molar-refractivity contribution in [2.45, 2.75) is 19.5 Å². The van der Waals surface area contributed by atoms with Crippen molar-refractivity contribution in [3.8, 4) is 11.5 Å². The molecule has 0 fully saturated rings. The summed E-state index contributed by atoms with van der Waals surface area (Å²) in [6.07, 6.45) is 0.444. The van der Waals surface area contributed by atoms with Gasteiger partial charge in [0.15, 0.2) is 11.5 Å². The molecule has 5 nitrogen and oxygen atoms in total. The average molecular weight is 326 g/mol. The van der Waals surface area contributed by atoms with Crippen LogP contribution in [0.2, 0.25) is 0 Å². The third kappa shape index (κ3) is 4.49. The van der Waals surface area contributed by atoms with Crippen LogP contribution in [0.15, 0.2) is 48.5 Å². The Bertz CT molecular complexity index is 674. The molecule has 0 atom stereocenters. The Morgan fingerprint density at radius 2 is 1.79 bits per heavy atom. The highest BCUT2D eigenvalue weighted by molar-refractivity contribution is 5.76. The molecule has 1 heterocycles. The molecule has 1 aliphatic heterocycles. The Morgan fingerprint density at radius 3 is 2.67 bits per heavy atom. The third-order valence-corrected chi connectivity index (χ3v) is 3.82. The monoisotopic (exact) mass is 326 g/mol. The van der Waals surface area contributed by atoms with Crippen LogP contribution in [-0.4, -0.2) is 25.7 Å². The predicted octanol–water partition coefficient (Wildman–Crippen LogP) is 2.25. The standard InChI is InChI=1S/C19H22N2O3/c22-18(21-13-15-5-2-1-3-6-15)9-10-20-14-16-7-4-8-17-19(16)24-12-11-23-17/h1-8,20H,9-14H2,(H,21,22). The lowest BCUT2D eigenvalue weighted by Crippen LogP contribution is -2.27. The van der Waals surface area contributed by atoms with E-state index in [1.54, 1.807) is 0 Å². The first-order valence-electron chi connectivity index (χ1n) is 8.22. The molecule has 1 aliphatic rings. The van der Waals surface area contributed by atoms with Crippen LogP contribution < -0.4 is 20.1 Å². The van der Waals surface area contributed by atoms with E-state index in [1.165, 1.54) is 0 Å². The minimum absolute atomic E-state index is 0.0426. The summed E-state index contributed by atoms with van der Waals surface area (Å²) in [6, 6.07) is 15.8. The van der Waals surface area contributed by atoms with Crippen LogP contribution in [-0.2, 0) is 17.9 Å². The number of benzene rings is 2. The smallest absolute Gasteiger partial charge is 0.221 e. The van der Waals surface area contributed by atoms with E-state index < -0.39 is 0 Å². The van der Waals surface area contributed by atoms with Crippen LogP contribution in [0.5, 0.6) is 11.5 Å². The number of ether oxygens (including phenoxy) is 2. The molecule has 24 heavy (non-hydrogen) atoms. The number of para-hydroxylation sites is 1. The molecule has 0 aromatic heterocycles. The van der Waals surface area contributed by atoms with Crippen molar-refractivity contribution in [1.29, 1.82) is 0 Å². The van der Waals surface area contributed by atoms with E-state index in [9.17, 15) is 4.79 Å². The molecule has 5 heteroatoms. The topological polar surface area (TPSA) is 59.6 Å². The fourth-order valence-electron chi connectivity index (χ4n) is 2.58. The molecule has 2 N–H and O–H groups in total. The molecule has 2 aromatic rings. The molecule has 0 saturated carbocycles. The molecule has 1 amide bonds. The summed E-state index contributed by atoms with van der Waals surface area (Å²) in [5, 5.41) is 6.21. The molecule has 0 aliphatic carbocycles. The highest BCUT2D eigenvalue weighted by Gasteiger charge is 2.15. The van der Waals surface area contributed by atoms with E-state index in [2.05, 4.69) is 10.6 Å². The van der Waals surface area contributed by atoms with Crippen LogP contribution >= 0.6 is 0 Å². The molecule has 0 unspecified atom stereocenters. The first-order chi connectivity index (χ1) is 11.8. The van der Waals surface area contributed by atoms with Gasteiger partial charge in [-0.1, -0.05) is 42.5 Å². The first-order valence-corrected chi connectivity index (χ1v) is 8.22. The van der Waals surface area contributed by atoms with Crippen molar-refractivity contribution >= 4 is 5.91 Å². The number of rotatable bonds is 7. The Balaban J connectivity index is 1.39. The average Bonchev–Trinajstić information content (AvgIpc) is 2.64. The van der Waals surface area contributed by atoms with E-state index in [1.807, 2.05) is 48.5 Å². The van der Waals surface area contributed by atoms with Gasteiger partial charge in [-0.2, -0.15) is 0 Å². The van der Waals surface area contributed by atoms with Crippen molar-refractivity contribution in [2.75, 3.05) is 19.8 Å². The van der Waals surface area contributed by atoms with Crippen LogP contribution in [0.25, 0.3) is 0 Å². The van der Waals surface area contributed by atoms with Gasteiger partial charge in [-0.25, -0.2) is 0 Å². The maximum absolute atomic E-state index is 11.9. The molecule has 0 radical (unpaired) electrons. The van der Waals surface area contributed by atoms with Crippen molar-refractivity contribution in [3.63, 3.8) is 0 Å². The number of carbonyl (C=O) groups is 1. The minimum atomic E-state index is 0.0426. The third-order valence-electron chi connectivity index (χ3n) is 3.82. The van der Waals surface area contributed by atoms with Crippen LogP contribution in [0.1, 0.15) is 17.5 Å². The van der Waals surface area contributed by atoms with Gasteiger partial charge in [-0.05, 0) is 11.6 Å². The maximum Gasteiger partial charge on any atom is 0.221 e. The number of nitrogens with one attached hydrogen (secondary N) is 2. The summed E-state index contributed by atoms with van der Waals surface area (Å²) >= 11 is 0. The number of fused-ring (bicyclic) bond motifs is 1. The van der Waals surface area contributed by atoms with E-state index in [0.717, 1.165) is 22.6 Å². The number of amides is 1. The van der Waals surface area contributed by atoms with E-state index in [0.29, 0.717) is 39.3 Å². The molecular formula is C19H22N2O3. The fraction of sp³-hybridized carbons (Fsp3) is 0.316. The van der Waals surface area contributed by atoms with Gasteiger partial charge in [0.25, 0.3) is 0 Å². The van der Waals surface area contributed by atoms with Gasteiger partial charge in [-0.3, -0.25) is 4.79 Å². The zero-order valence-corrected chi connectivity index (χ0v) is 13.6. The van der Waals surface area contributed by atoms with Crippen LogP contribution in [0, 0.1) is 0 Å². The zero-order valence-electron chi connectivity index (χ0n) is 13.6. The Kier molecular flexibility index (Phi) is 5.69. The van der Waals surface area contributed by atoms with Gasteiger partial charge in [0.2, 0.25) is 5.91 Å². The minimum Gasteiger partial charge on any atom is -0.486 e. The van der Waals surface area contributed by atoms with Gasteiger partial charge in [-0.15, -0.1) is 0 Å². The summed E-state index contributed by atoms with van der Waals surface area (Å²) in [5.41, 5.74) is 2.16. The molecule has 0 saturated heterocycles. The lowest BCUT2D eigenvalue weighted by atomic mass is 10.1. The first kappa shape index (κ1) is 16.3. The second-order valence-corrected chi connectivity index (χ2v) is 5.63. The molecule has 0 bridgehead atoms. The molecule has 2 aromatic carbocycles. The summed E-state index contributed by atoms with van der Waals surface area (Å²) < 4.78 is 11.2. The van der Waals surface area contributed by atoms with Crippen molar-refractivity contribution in [1.82, 2.24) is 10.6 Å². The second kappa shape index (κ2) is 8.36. The van der Waals surface area contributed by atoms with Gasteiger partial charge in [0.1, 0.15) is 13.2 Å². The predicted molar refractivity (Wildman–Crippen MR) is 92.0 cm³/mol. The van der Waals surface area contributed by atoms with Crippen molar-refractivity contribution in [3.05, 3.63) is 59.7 Å². The quantitative estimate of drug-likeness (QED) is 0.766. The van der Waals surface area contributed by atoms with Crippen molar-refractivity contribution < 1.29 is 14.3 Å². The van der Waals surface area contributed by atoms with E-state index in [-0.39, 0.29) is 5.91 Å². The number of hydrogen-bond acceptors (Lipinski definition) is 4. The lowest BCUT2D eigenvalue weighted by Gasteiger charge is -2.21. The number of hydrogen-bond donors (Lipinski definition) is 2. The Labute approximate surface area is 142 Å². The van der Waals surface area contributed by atoms with Crippen molar-refractivity contribution in [2.24, 2.45) is 0 Å². The summed E-state index contributed by atoms with van der Waals surface area (Å²) in [4.78, 5) is 11.9. The van der Waals surface area contributed by atoms with Gasteiger partial charge in [0, 0.05) is 31.6 Å². The SMILES string of the molecule is O=C(CCNCc1cccc2c1OCCO2)NCc1ccccc1. The molecule has 3 rings (SSSR count). The molecule has 0 spiro atoms.